The van der Waals surface area contributed by atoms with Gasteiger partial charge in [0.25, 0.3) is 0 Å². The van der Waals surface area contributed by atoms with Crippen LogP contribution in [0.25, 0.3) is 0 Å². The van der Waals surface area contributed by atoms with Crippen LogP contribution in [0.1, 0.15) is 32.2 Å². The van der Waals surface area contributed by atoms with Gasteiger partial charge in [-0.25, -0.2) is 4.79 Å². The number of pyridine rings is 2. The second-order valence-corrected chi connectivity index (χ2v) is 8.56. The summed E-state index contributed by atoms with van der Waals surface area (Å²) in [6, 6.07) is 7.25. The van der Waals surface area contributed by atoms with Crippen LogP contribution in [0.3, 0.4) is 0 Å². The van der Waals surface area contributed by atoms with Crippen molar-refractivity contribution in [2.24, 2.45) is 5.73 Å². The van der Waals surface area contributed by atoms with E-state index in [-0.39, 0.29) is 6.54 Å². The summed E-state index contributed by atoms with van der Waals surface area (Å²) in [6.07, 6.45) is 2.78. The SMILES string of the molecule is CC(C)(C)OC(=O)NCc1ccc(OCCOCCOCCOCCOc2ccc(CN)nc2)cn1. The monoisotopic (exact) mass is 506 g/mol. The molecule has 2 aromatic rings. The van der Waals surface area contributed by atoms with Gasteiger partial charge in [-0.15, -0.1) is 0 Å². The van der Waals surface area contributed by atoms with E-state index in [4.69, 9.17) is 34.2 Å². The third-order valence-corrected chi connectivity index (χ3v) is 4.35. The average molecular weight is 507 g/mol. The molecule has 0 unspecified atom stereocenters. The minimum absolute atomic E-state index is 0.277. The number of hydrogen-bond acceptors (Lipinski definition) is 10. The van der Waals surface area contributed by atoms with Crippen LogP contribution in [-0.2, 0) is 32.0 Å². The van der Waals surface area contributed by atoms with Gasteiger partial charge in [0.2, 0.25) is 0 Å². The minimum Gasteiger partial charge on any atom is -0.490 e. The first-order valence-electron chi connectivity index (χ1n) is 11.9. The fourth-order valence-electron chi connectivity index (χ4n) is 2.67. The second kappa shape index (κ2) is 16.6. The maximum atomic E-state index is 11.7. The molecule has 0 atom stereocenters. The largest absolute Gasteiger partial charge is 0.490 e. The first-order chi connectivity index (χ1) is 17.4. The molecule has 1 amide bonds. The van der Waals surface area contributed by atoms with Crippen LogP contribution in [0.5, 0.6) is 11.5 Å². The molecule has 2 rings (SSSR count). The van der Waals surface area contributed by atoms with Crippen molar-refractivity contribution in [1.29, 1.82) is 0 Å². The molecule has 0 saturated carbocycles. The van der Waals surface area contributed by atoms with Crippen molar-refractivity contribution in [2.75, 3.05) is 52.9 Å². The summed E-state index contributed by atoms with van der Waals surface area (Å²) in [7, 11) is 0. The molecule has 3 N–H and O–H groups in total. The van der Waals surface area contributed by atoms with E-state index in [1.807, 2.05) is 32.9 Å². The quantitative estimate of drug-likeness (QED) is 0.308. The molecule has 0 spiro atoms. The highest BCUT2D eigenvalue weighted by atomic mass is 16.6. The van der Waals surface area contributed by atoms with Crippen LogP contribution in [0.4, 0.5) is 4.79 Å². The van der Waals surface area contributed by atoms with E-state index in [2.05, 4.69) is 15.3 Å². The molecule has 200 valence electrons. The predicted octanol–water partition coefficient (Wildman–Crippen LogP) is 2.47. The normalized spacial score (nSPS) is 11.2. The van der Waals surface area contributed by atoms with Crippen LogP contribution in [-0.4, -0.2) is 74.5 Å². The van der Waals surface area contributed by atoms with E-state index in [1.54, 1.807) is 24.5 Å². The zero-order chi connectivity index (χ0) is 26.1. The fraction of sp³-hybridized carbons (Fsp3) is 0.560. The number of amides is 1. The first-order valence-corrected chi connectivity index (χ1v) is 11.9. The Balaban J connectivity index is 1.39. The second-order valence-electron chi connectivity index (χ2n) is 8.56. The van der Waals surface area contributed by atoms with E-state index in [9.17, 15) is 4.79 Å². The molecule has 0 aliphatic heterocycles. The van der Waals surface area contributed by atoms with Gasteiger partial charge in [0, 0.05) is 6.54 Å². The smallest absolute Gasteiger partial charge is 0.407 e. The Kier molecular flexibility index (Phi) is 13.5. The predicted molar refractivity (Wildman–Crippen MR) is 133 cm³/mol. The number of hydrogen-bond donors (Lipinski definition) is 2. The lowest BCUT2D eigenvalue weighted by Crippen LogP contribution is -2.32. The fourth-order valence-corrected chi connectivity index (χ4v) is 2.67. The number of nitrogens with one attached hydrogen (secondary N) is 1. The lowest BCUT2D eigenvalue weighted by atomic mass is 10.2. The van der Waals surface area contributed by atoms with E-state index in [0.29, 0.717) is 76.6 Å². The number of aromatic nitrogens is 2. The highest BCUT2D eigenvalue weighted by molar-refractivity contribution is 5.67. The summed E-state index contributed by atoms with van der Waals surface area (Å²) in [5.41, 5.74) is 6.50. The number of nitrogens with zero attached hydrogens (tertiary/aromatic N) is 2. The zero-order valence-corrected chi connectivity index (χ0v) is 21.4. The Labute approximate surface area is 212 Å². The van der Waals surface area contributed by atoms with Crippen molar-refractivity contribution in [3.05, 3.63) is 48.0 Å². The molecule has 0 aromatic carbocycles. The molecule has 0 aliphatic rings. The Morgan fingerprint density at radius 3 is 1.67 bits per heavy atom. The summed E-state index contributed by atoms with van der Waals surface area (Å²) in [5, 5.41) is 2.66. The van der Waals surface area contributed by atoms with Crippen molar-refractivity contribution in [3.8, 4) is 11.5 Å². The number of ether oxygens (including phenoxy) is 6. The summed E-state index contributed by atoms with van der Waals surface area (Å²) in [4.78, 5) is 20.1. The van der Waals surface area contributed by atoms with E-state index >= 15 is 0 Å². The highest BCUT2D eigenvalue weighted by Gasteiger charge is 2.15. The average Bonchev–Trinajstić information content (AvgIpc) is 2.85. The van der Waals surface area contributed by atoms with Crippen molar-refractivity contribution in [3.63, 3.8) is 0 Å². The minimum atomic E-state index is -0.536. The molecule has 0 radical (unpaired) electrons. The first kappa shape index (κ1) is 29.2. The van der Waals surface area contributed by atoms with E-state index in [0.717, 1.165) is 5.69 Å². The summed E-state index contributed by atoms with van der Waals surface area (Å²) < 4.78 is 32.7. The lowest BCUT2D eigenvalue weighted by Gasteiger charge is -2.19. The number of carbonyl (C=O) groups is 1. The molecule has 2 heterocycles. The standard InChI is InChI=1S/C25H38N4O7/c1-25(2,3)36-24(30)29-17-21-5-7-23(19-28-21)35-15-13-33-11-9-31-8-10-32-12-14-34-22-6-4-20(16-26)27-18-22/h4-7,18-19H,8-17,26H2,1-3H3,(H,29,30). The van der Waals surface area contributed by atoms with Gasteiger partial charge in [-0.05, 0) is 45.0 Å². The molecule has 0 bridgehead atoms. The van der Waals surface area contributed by atoms with Crippen molar-refractivity contribution >= 4 is 6.09 Å². The number of rotatable bonds is 17. The lowest BCUT2D eigenvalue weighted by molar-refractivity contribution is 0.00496. The molecule has 0 aliphatic carbocycles. The summed E-state index contributed by atoms with van der Waals surface area (Å²) in [5.74, 6) is 1.31. The maximum Gasteiger partial charge on any atom is 0.407 e. The maximum absolute atomic E-state index is 11.7. The number of carbonyl (C=O) groups excluding carboxylic acids is 1. The van der Waals surface area contributed by atoms with Crippen LogP contribution in [0.2, 0.25) is 0 Å². The molecule has 36 heavy (non-hydrogen) atoms. The van der Waals surface area contributed by atoms with Gasteiger partial charge in [0.1, 0.15) is 30.3 Å². The number of alkyl carbamates (subject to hydrolysis) is 1. The van der Waals surface area contributed by atoms with Crippen LogP contribution in [0, 0.1) is 0 Å². The topological polar surface area (TPSA) is 136 Å². The molecule has 11 nitrogen and oxygen atoms in total. The van der Waals surface area contributed by atoms with Crippen LogP contribution < -0.4 is 20.5 Å². The molecule has 0 saturated heterocycles. The van der Waals surface area contributed by atoms with Gasteiger partial charge >= 0.3 is 6.09 Å². The van der Waals surface area contributed by atoms with Crippen LogP contribution >= 0.6 is 0 Å². The van der Waals surface area contributed by atoms with Gasteiger partial charge in [-0.2, -0.15) is 0 Å². The van der Waals surface area contributed by atoms with Gasteiger partial charge in [0.15, 0.2) is 0 Å². The van der Waals surface area contributed by atoms with Crippen molar-refractivity contribution in [1.82, 2.24) is 15.3 Å². The summed E-state index contributed by atoms with van der Waals surface area (Å²) in [6.45, 7) is 9.74. The van der Waals surface area contributed by atoms with E-state index < -0.39 is 11.7 Å². The summed E-state index contributed by atoms with van der Waals surface area (Å²) >= 11 is 0. The molecule has 2 aromatic heterocycles. The molecule has 0 fully saturated rings. The van der Waals surface area contributed by atoms with Crippen LogP contribution in [0.15, 0.2) is 36.7 Å². The molecular formula is C25H38N4O7. The van der Waals surface area contributed by atoms with Gasteiger partial charge in [-0.3, -0.25) is 9.97 Å². The molecular weight excluding hydrogens is 468 g/mol. The Morgan fingerprint density at radius 1 is 0.778 bits per heavy atom. The van der Waals surface area contributed by atoms with Gasteiger partial charge < -0.3 is 39.5 Å². The molecule has 11 heteroatoms. The van der Waals surface area contributed by atoms with Crippen molar-refractivity contribution < 1.29 is 33.2 Å². The Bertz CT molecular complexity index is 858. The van der Waals surface area contributed by atoms with E-state index in [1.165, 1.54) is 0 Å². The van der Waals surface area contributed by atoms with Gasteiger partial charge in [0.05, 0.1) is 70.0 Å². The van der Waals surface area contributed by atoms with Gasteiger partial charge in [-0.1, -0.05) is 0 Å². The third kappa shape index (κ3) is 13.8. The highest BCUT2D eigenvalue weighted by Crippen LogP contribution is 2.10. The Morgan fingerprint density at radius 2 is 1.25 bits per heavy atom. The Hall–Kier alpha value is -2.99. The zero-order valence-electron chi connectivity index (χ0n) is 21.4. The number of nitrogens with two attached hydrogens (primary N) is 1. The van der Waals surface area contributed by atoms with Crippen molar-refractivity contribution in [2.45, 2.75) is 39.5 Å². The third-order valence-electron chi connectivity index (χ3n) is 4.35.